The highest BCUT2D eigenvalue weighted by Crippen LogP contribution is 2.28. The van der Waals surface area contributed by atoms with E-state index in [0.29, 0.717) is 24.7 Å². The van der Waals surface area contributed by atoms with Crippen molar-refractivity contribution in [3.63, 3.8) is 0 Å². The minimum absolute atomic E-state index is 0.0341. The number of carbonyl (C=O) groups excluding carboxylic acids is 1. The first-order valence-electron chi connectivity index (χ1n) is 8.84. The van der Waals surface area contributed by atoms with Crippen molar-refractivity contribution in [2.75, 3.05) is 18.4 Å². The van der Waals surface area contributed by atoms with Crippen LogP contribution >= 0.6 is 11.6 Å². The van der Waals surface area contributed by atoms with Gasteiger partial charge in [-0.3, -0.25) is 9.89 Å². The first kappa shape index (κ1) is 21.4. The number of anilines is 1. The van der Waals surface area contributed by atoms with Crippen LogP contribution in [0.25, 0.3) is 0 Å². The van der Waals surface area contributed by atoms with Crippen molar-refractivity contribution < 1.29 is 13.2 Å². The van der Waals surface area contributed by atoms with E-state index in [1.165, 1.54) is 16.4 Å². The van der Waals surface area contributed by atoms with Crippen LogP contribution in [0.2, 0.25) is 5.02 Å². The largest absolute Gasteiger partial charge is 0.321 e. The Bertz CT molecular complexity index is 905. The number of halogens is 1. The van der Waals surface area contributed by atoms with Crippen molar-refractivity contribution in [2.45, 2.75) is 39.0 Å². The Labute approximate surface area is 165 Å². The summed E-state index contributed by atoms with van der Waals surface area (Å²) in [4.78, 5) is 12.4. The molecule has 9 heteroatoms. The summed E-state index contributed by atoms with van der Waals surface area (Å²) in [6.07, 6.45) is 0.785. The molecule has 7 nitrogen and oxygen atoms in total. The van der Waals surface area contributed by atoms with Gasteiger partial charge >= 0.3 is 0 Å². The van der Waals surface area contributed by atoms with E-state index >= 15 is 0 Å². The number of amides is 1. The van der Waals surface area contributed by atoms with Gasteiger partial charge in [0.15, 0.2) is 5.69 Å². The number of sulfonamides is 1. The smallest absolute Gasteiger partial charge is 0.276 e. The zero-order valence-electron chi connectivity index (χ0n) is 15.9. The molecule has 2 N–H and O–H groups in total. The average molecular weight is 413 g/mol. The molecule has 0 radical (unpaired) electrons. The summed E-state index contributed by atoms with van der Waals surface area (Å²) >= 11 is 6.11. The van der Waals surface area contributed by atoms with Gasteiger partial charge in [0.05, 0.1) is 5.02 Å². The molecule has 0 fully saturated rings. The number of H-pyrrole nitrogens is 1. The molecule has 0 saturated heterocycles. The van der Waals surface area contributed by atoms with Gasteiger partial charge in [0, 0.05) is 24.5 Å². The van der Waals surface area contributed by atoms with Crippen LogP contribution < -0.4 is 5.32 Å². The number of nitrogens with one attached hydrogen (secondary N) is 2. The lowest BCUT2D eigenvalue weighted by molar-refractivity contribution is 0.102. The lowest BCUT2D eigenvalue weighted by Gasteiger charge is -2.19. The summed E-state index contributed by atoms with van der Waals surface area (Å²) in [5.41, 5.74) is 1.45. The second kappa shape index (κ2) is 8.86. The Morgan fingerprint density at radius 2 is 1.93 bits per heavy atom. The van der Waals surface area contributed by atoms with Crippen LogP contribution in [0.15, 0.2) is 29.2 Å². The van der Waals surface area contributed by atoms with E-state index in [1.54, 1.807) is 26.0 Å². The molecule has 0 aliphatic rings. The molecule has 2 rings (SSSR count). The number of aromatic nitrogens is 2. The van der Waals surface area contributed by atoms with Gasteiger partial charge in [0.25, 0.3) is 5.91 Å². The van der Waals surface area contributed by atoms with Crippen molar-refractivity contribution in [2.24, 2.45) is 5.92 Å². The molecule has 148 valence electrons. The first-order valence-corrected chi connectivity index (χ1v) is 10.7. The van der Waals surface area contributed by atoms with E-state index in [4.69, 9.17) is 11.6 Å². The highest BCUT2D eigenvalue weighted by atomic mass is 35.5. The Morgan fingerprint density at radius 3 is 2.52 bits per heavy atom. The third kappa shape index (κ3) is 5.09. The Kier molecular flexibility index (Phi) is 7.02. The average Bonchev–Trinajstić information content (AvgIpc) is 3.05. The quantitative estimate of drug-likeness (QED) is 0.693. The number of hydrogen-bond acceptors (Lipinski definition) is 4. The summed E-state index contributed by atoms with van der Waals surface area (Å²) < 4.78 is 26.8. The van der Waals surface area contributed by atoms with Crippen molar-refractivity contribution in [3.8, 4) is 0 Å². The van der Waals surface area contributed by atoms with Crippen LogP contribution in [0.3, 0.4) is 0 Å². The van der Waals surface area contributed by atoms with Gasteiger partial charge < -0.3 is 5.32 Å². The van der Waals surface area contributed by atoms with E-state index in [2.05, 4.69) is 29.4 Å². The third-order valence-corrected chi connectivity index (χ3v) is 6.54. The van der Waals surface area contributed by atoms with Crippen LogP contribution in [0.1, 0.15) is 43.9 Å². The number of aromatic amines is 1. The molecule has 1 heterocycles. The number of rotatable bonds is 8. The molecule has 0 aliphatic heterocycles. The zero-order valence-corrected chi connectivity index (χ0v) is 17.5. The highest BCUT2D eigenvalue weighted by molar-refractivity contribution is 7.89. The number of nitrogens with zero attached hydrogens (tertiary/aromatic N) is 2. The maximum absolute atomic E-state index is 12.7. The molecule has 0 saturated carbocycles. The van der Waals surface area contributed by atoms with Gasteiger partial charge in [-0.05, 0) is 36.6 Å². The van der Waals surface area contributed by atoms with E-state index in [-0.39, 0.29) is 15.6 Å². The molecule has 1 amide bonds. The van der Waals surface area contributed by atoms with E-state index in [9.17, 15) is 13.2 Å². The predicted molar refractivity (Wildman–Crippen MR) is 107 cm³/mol. The van der Waals surface area contributed by atoms with Crippen LogP contribution in [0.4, 0.5) is 5.69 Å². The van der Waals surface area contributed by atoms with Crippen LogP contribution in [0.5, 0.6) is 0 Å². The minimum Gasteiger partial charge on any atom is -0.321 e. The van der Waals surface area contributed by atoms with Crippen LogP contribution in [-0.2, 0) is 16.4 Å². The van der Waals surface area contributed by atoms with Gasteiger partial charge in [0.1, 0.15) is 4.90 Å². The van der Waals surface area contributed by atoms with Crippen molar-refractivity contribution in [3.05, 3.63) is 40.7 Å². The highest BCUT2D eigenvalue weighted by Gasteiger charge is 2.25. The summed E-state index contributed by atoms with van der Waals surface area (Å²) in [5, 5.41) is 9.65. The molecule has 0 bridgehead atoms. The summed E-state index contributed by atoms with van der Waals surface area (Å²) in [5.74, 6) is 0.0141. The van der Waals surface area contributed by atoms with Crippen molar-refractivity contribution >= 4 is 33.2 Å². The first-order chi connectivity index (χ1) is 12.7. The topological polar surface area (TPSA) is 95.2 Å². The standard InChI is InChI=1S/C18H25ClN4O3S/c1-5-23(6-2)27(25,26)17-11-13(7-8-15(17)19)20-18(24)16-10-14(21-22-16)9-12(3)4/h7-8,10-12H,5-6,9H2,1-4H3,(H,20,24)(H,21,22). The molecular weight excluding hydrogens is 388 g/mol. The summed E-state index contributed by atoms with van der Waals surface area (Å²) in [6, 6.07) is 6.08. The molecule has 2 aromatic rings. The van der Waals surface area contributed by atoms with Gasteiger partial charge in [0.2, 0.25) is 10.0 Å². The Hall–Kier alpha value is -1.90. The fourth-order valence-electron chi connectivity index (χ4n) is 2.70. The summed E-state index contributed by atoms with van der Waals surface area (Å²) in [7, 11) is -3.74. The minimum atomic E-state index is -3.74. The van der Waals surface area contributed by atoms with Gasteiger partial charge in [-0.25, -0.2) is 8.42 Å². The zero-order chi connectivity index (χ0) is 20.2. The van der Waals surface area contributed by atoms with Gasteiger partial charge in [-0.2, -0.15) is 9.40 Å². The van der Waals surface area contributed by atoms with Crippen molar-refractivity contribution in [1.82, 2.24) is 14.5 Å². The normalized spacial score (nSPS) is 12.0. The Morgan fingerprint density at radius 1 is 1.26 bits per heavy atom. The van der Waals surface area contributed by atoms with Crippen LogP contribution in [0, 0.1) is 5.92 Å². The van der Waals surface area contributed by atoms with Crippen molar-refractivity contribution in [1.29, 1.82) is 0 Å². The fourth-order valence-corrected chi connectivity index (χ4v) is 4.66. The maximum Gasteiger partial charge on any atom is 0.276 e. The number of hydrogen-bond donors (Lipinski definition) is 2. The van der Waals surface area contributed by atoms with E-state index in [1.807, 2.05) is 0 Å². The third-order valence-electron chi connectivity index (χ3n) is 4.00. The van der Waals surface area contributed by atoms with Crippen LogP contribution in [-0.4, -0.2) is 41.9 Å². The van der Waals surface area contributed by atoms with E-state index < -0.39 is 15.9 Å². The second-order valence-electron chi connectivity index (χ2n) is 6.57. The second-order valence-corrected chi connectivity index (χ2v) is 8.88. The molecule has 1 aromatic carbocycles. The molecule has 0 atom stereocenters. The number of benzene rings is 1. The molecule has 27 heavy (non-hydrogen) atoms. The SMILES string of the molecule is CCN(CC)S(=O)(=O)c1cc(NC(=O)c2cc(CC(C)C)[nH]n2)ccc1Cl. The molecule has 0 aliphatic carbocycles. The molecular formula is C18H25ClN4O3S. The van der Waals surface area contributed by atoms with E-state index in [0.717, 1.165) is 12.1 Å². The fraction of sp³-hybridized carbons (Fsp3) is 0.444. The molecule has 0 spiro atoms. The predicted octanol–water partition coefficient (Wildman–Crippen LogP) is 3.54. The maximum atomic E-state index is 12.7. The van der Waals surface area contributed by atoms with Gasteiger partial charge in [-0.1, -0.05) is 39.3 Å². The van der Waals surface area contributed by atoms with Gasteiger partial charge in [-0.15, -0.1) is 0 Å². The lowest BCUT2D eigenvalue weighted by atomic mass is 10.1. The monoisotopic (exact) mass is 412 g/mol. The number of carbonyl (C=O) groups is 1. The molecule has 0 unspecified atom stereocenters. The molecule has 1 aromatic heterocycles. The Balaban J connectivity index is 2.25. The lowest BCUT2D eigenvalue weighted by Crippen LogP contribution is -2.30. The summed E-state index contributed by atoms with van der Waals surface area (Å²) in [6.45, 7) is 8.33.